The van der Waals surface area contributed by atoms with Gasteiger partial charge in [0.15, 0.2) is 0 Å². The fourth-order valence-electron chi connectivity index (χ4n) is 4.08. The van der Waals surface area contributed by atoms with Crippen molar-refractivity contribution in [3.8, 4) is 6.07 Å². The molecule has 5 heterocycles. The van der Waals surface area contributed by atoms with E-state index in [1.54, 1.807) is 24.1 Å². The average Bonchev–Trinajstić information content (AvgIpc) is 3.58. The Morgan fingerprint density at radius 2 is 2.31 bits per heavy atom. The second kappa shape index (κ2) is 8.76. The van der Waals surface area contributed by atoms with E-state index in [2.05, 4.69) is 40.9 Å². The molecule has 4 aromatic rings. The minimum atomic E-state index is -0.382. The predicted molar refractivity (Wildman–Crippen MR) is 123 cm³/mol. The summed E-state index contributed by atoms with van der Waals surface area (Å²) < 4.78 is 0. The summed E-state index contributed by atoms with van der Waals surface area (Å²) in [6.45, 7) is 1.55. The van der Waals surface area contributed by atoms with Gasteiger partial charge in [0.2, 0.25) is 5.95 Å². The van der Waals surface area contributed by atoms with Gasteiger partial charge in [0, 0.05) is 43.0 Å². The third-order valence-electron chi connectivity index (χ3n) is 5.75. The molecule has 32 heavy (non-hydrogen) atoms. The van der Waals surface area contributed by atoms with E-state index < -0.39 is 0 Å². The molecule has 1 aliphatic rings. The second-order valence-corrected chi connectivity index (χ2v) is 8.46. The number of thiazole rings is 1. The molecule has 0 spiro atoms. The Bertz CT molecular complexity index is 1320. The summed E-state index contributed by atoms with van der Waals surface area (Å²) in [6, 6.07) is 4.00. The van der Waals surface area contributed by atoms with E-state index in [4.69, 9.17) is 10.4 Å². The van der Waals surface area contributed by atoms with Crippen molar-refractivity contribution in [1.82, 2.24) is 29.9 Å². The zero-order chi connectivity index (χ0) is 21.9. The lowest BCUT2D eigenvalue weighted by Crippen LogP contribution is -2.26. The Labute approximate surface area is 187 Å². The van der Waals surface area contributed by atoms with Gasteiger partial charge >= 0.3 is 0 Å². The molecule has 0 bridgehead atoms. The largest absolute Gasteiger partial charge is 0.346 e. The van der Waals surface area contributed by atoms with Crippen LogP contribution in [-0.4, -0.2) is 61.5 Å². The van der Waals surface area contributed by atoms with Crippen molar-refractivity contribution in [3.05, 3.63) is 36.0 Å². The third-order valence-corrected chi connectivity index (χ3v) is 6.48. The van der Waals surface area contributed by atoms with Gasteiger partial charge in [-0.15, -0.1) is 11.3 Å². The lowest BCUT2D eigenvalue weighted by atomic mass is 9.96. The minimum absolute atomic E-state index is 0.164. The summed E-state index contributed by atoms with van der Waals surface area (Å²) in [5.41, 5.74) is 4.03. The van der Waals surface area contributed by atoms with Crippen LogP contribution in [0.15, 0.2) is 35.3 Å². The Hall–Kier alpha value is -3.78. The predicted octanol–water partition coefficient (Wildman–Crippen LogP) is 2.97. The lowest BCUT2D eigenvalue weighted by molar-refractivity contribution is 0.467. The van der Waals surface area contributed by atoms with Crippen molar-refractivity contribution >= 4 is 51.1 Å². The maximum atomic E-state index is 9.39. The number of nitrogens with one attached hydrogen (secondary N) is 2. The van der Waals surface area contributed by atoms with Crippen LogP contribution in [0.25, 0.3) is 21.4 Å². The maximum Gasteiger partial charge on any atom is 0.226 e. The van der Waals surface area contributed by atoms with Gasteiger partial charge in [0.05, 0.1) is 41.9 Å². The first kappa shape index (κ1) is 20.1. The molecule has 2 N–H and O–H groups in total. The topological polar surface area (TPSA) is 143 Å². The van der Waals surface area contributed by atoms with Crippen molar-refractivity contribution in [2.24, 2.45) is 10.9 Å². The summed E-state index contributed by atoms with van der Waals surface area (Å²) in [5, 5.41) is 18.2. The molecule has 1 fully saturated rings. The van der Waals surface area contributed by atoms with Crippen LogP contribution in [0.1, 0.15) is 24.5 Å². The average molecular weight is 445 g/mol. The zero-order valence-corrected chi connectivity index (χ0v) is 17.9. The van der Waals surface area contributed by atoms with Crippen LogP contribution in [0.5, 0.6) is 0 Å². The van der Waals surface area contributed by atoms with E-state index in [-0.39, 0.29) is 17.9 Å². The fourth-order valence-corrected chi connectivity index (χ4v) is 4.71. The van der Waals surface area contributed by atoms with Crippen LogP contribution >= 0.6 is 11.3 Å². The normalized spacial score (nSPS) is 18.3. The van der Waals surface area contributed by atoms with Crippen molar-refractivity contribution in [1.29, 1.82) is 10.7 Å². The van der Waals surface area contributed by atoms with Crippen LogP contribution in [-0.2, 0) is 0 Å². The number of rotatable bonds is 7. The first-order valence-corrected chi connectivity index (χ1v) is 11.1. The van der Waals surface area contributed by atoms with Gasteiger partial charge in [-0.2, -0.15) is 5.26 Å². The van der Waals surface area contributed by atoms with Crippen molar-refractivity contribution < 1.29 is 0 Å². The number of hydrogen-bond acceptors (Lipinski definition) is 10. The molecule has 5 rings (SSSR count). The van der Waals surface area contributed by atoms with Crippen LogP contribution < -0.4 is 4.90 Å². The van der Waals surface area contributed by atoms with Crippen molar-refractivity contribution in [3.63, 3.8) is 0 Å². The number of anilines is 1. The third kappa shape index (κ3) is 3.80. The smallest absolute Gasteiger partial charge is 0.226 e. The number of nitrogens with zero attached hydrogens (tertiary/aromatic N) is 8. The van der Waals surface area contributed by atoms with Gasteiger partial charge in [-0.25, -0.2) is 24.9 Å². The monoisotopic (exact) mass is 444 g/mol. The van der Waals surface area contributed by atoms with Crippen LogP contribution in [0.3, 0.4) is 0 Å². The van der Waals surface area contributed by atoms with Gasteiger partial charge < -0.3 is 15.3 Å². The number of aromatic nitrogens is 6. The molecule has 1 aliphatic heterocycles. The van der Waals surface area contributed by atoms with E-state index in [0.29, 0.717) is 12.4 Å². The van der Waals surface area contributed by atoms with Gasteiger partial charge in [-0.3, -0.25) is 4.99 Å². The van der Waals surface area contributed by atoms with Crippen molar-refractivity contribution in [2.45, 2.75) is 24.8 Å². The van der Waals surface area contributed by atoms with E-state index in [1.165, 1.54) is 23.9 Å². The van der Waals surface area contributed by atoms with Crippen molar-refractivity contribution in [2.75, 3.05) is 18.0 Å². The van der Waals surface area contributed by atoms with E-state index in [1.807, 2.05) is 6.07 Å². The molecule has 0 saturated carbocycles. The fraction of sp³-hybridized carbons (Fsp3) is 0.333. The molecular weight excluding hydrogens is 424 g/mol. The van der Waals surface area contributed by atoms with Gasteiger partial charge in [-0.1, -0.05) is 0 Å². The number of nitriles is 1. The lowest BCUT2D eigenvalue weighted by Gasteiger charge is -2.19. The molecule has 1 unspecified atom stereocenters. The highest BCUT2D eigenvalue weighted by Gasteiger charge is 2.31. The summed E-state index contributed by atoms with van der Waals surface area (Å²) in [5.74, 6) is 0.514. The maximum absolute atomic E-state index is 9.39. The molecule has 10 nitrogen and oxygen atoms in total. The number of aromatic amines is 1. The van der Waals surface area contributed by atoms with E-state index >= 15 is 0 Å². The Kier molecular flexibility index (Phi) is 5.51. The summed E-state index contributed by atoms with van der Waals surface area (Å²) in [7, 11) is 0. The molecule has 0 amide bonds. The van der Waals surface area contributed by atoms with Crippen LogP contribution in [0, 0.1) is 22.7 Å². The molecule has 0 aliphatic carbocycles. The first-order valence-electron chi connectivity index (χ1n) is 10.3. The Morgan fingerprint density at radius 3 is 3.19 bits per heavy atom. The number of H-pyrrole nitrogens is 1. The summed E-state index contributed by atoms with van der Waals surface area (Å²) in [6.07, 6.45) is 9.33. The van der Waals surface area contributed by atoms with Crippen LogP contribution in [0.2, 0.25) is 0 Å². The molecule has 0 aromatic carbocycles. The molecule has 0 radical (unpaired) electrons. The quantitative estimate of drug-likeness (QED) is 0.417. The van der Waals surface area contributed by atoms with Gasteiger partial charge in [0.25, 0.3) is 0 Å². The summed E-state index contributed by atoms with van der Waals surface area (Å²) in [4.78, 5) is 32.8. The number of fused-ring (bicyclic) bond motifs is 2. The SMILES string of the molecule is N#CC[C@H](N=CC(C=N)c1ncnc2[nH]ccc12)[C@H]1CCN(c2ncc3ncsc3n2)C1. The molecular formula is C21H20N10S. The molecule has 3 atom stereocenters. The molecule has 1 saturated heterocycles. The second-order valence-electron chi connectivity index (χ2n) is 7.63. The minimum Gasteiger partial charge on any atom is -0.346 e. The van der Waals surface area contributed by atoms with E-state index in [9.17, 15) is 5.26 Å². The zero-order valence-electron chi connectivity index (χ0n) is 17.1. The number of aliphatic imine (C=N–C) groups is 1. The van der Waals surface area contributed by atoms with E-state index in [0.717, 1.165) is 46.6 Å². The first-order chi connectivity index (χ1) is 15.8. The van der Waals surface area contributed by atoms with Crippen LogP contribution in [0.4, 0.5) is 5.95 Å². The molecule has 160 valence electrons. The Morgan fingerprint density at radius 1 is 1.38 bits per heavy atom. The Balaban J connectivity index is 1.34. The standard InChI is InChI=1S/C21H20N10S/c22-4-1-16(25-8-14(7-23)18-15-2-5-24-19(15)28-11-27-18)13-3-6-31(10-13)21-26-9-17-20(30-21)32-12-29-17/h2,5,7-9,11-14,16,23H,1,3,6,10H2,(H,24,27,28)/t13-,14?,16-/m0/s1. The summed E-state index contributed by atoms with van der Waals surface area (Å²) >= 11 is 1.50. The van der Waals surface area contributed by atoms with Gasteiger partial charge in [0.1, 0.15) is 22.3 Å². The molecule has 4 aromatic heterocycles. The highest BCUT2D eigenvalue weighted by molar-refractivity contribution is 7.16. The highest BCUT2D eigenvalue weighted by Crippen LogP contribution is 2.28. The van der Waals surface area contributed by atoms with Gasteiger partial charge in [-0.05, 0) is 12.5 Å². The molecule has 11 heteroatoms. The highest BCUT2D eigenvalue weighted by atomic mass is 32.1. The number of hydrogen-bond donors (Lipinski definition) is 2.